The summed E-state index contributed by atoms with van der Waals surface area (Å²) in [6, 6.07) is 5.54. The lowest BCUT2D eigenvalue weighted by Crippen LogP contribution is -2.03. The zero-order valence-electron chi connectivity index (χ0n) is 10.2. The molecule has 0 radical (unpaired) electrons. The van der Waals surface area contributed by atoms with E-state index in [0.29, 0.717) is 11.7 Å². The molecule has 5 heteroatoms. The Morgan fingerprint density at radius 2 is 2.26 bits per heavy atom. The lowest BCUT2D eigenvalue weighted by molar-refractivity contribution is 0.144. The molecule has 1 heterocycles. The van der Waals surface area contributed by atoms with Gasteiger partial charge in [-0.25, -0.2) is 4.79 Å². The van der Waals surface area contributed by atoms with E-state index in [-0.39, 0.29) is 0 Å². The van der Waals surface area contributed by atoms with E-state index in [4.69, 9.17) is 5.11 Å². The van der Waals surface area contributed by atoms with E-state index in [0.717, 1.165) is 19.3 Å². The summed E-state index contributed by atoms with van der Waals surface area (Å²) in [4.78, 5) is 15.9. The van der Waals surface area contributed by atoms with Crippen LogP contribution in [0.5, 0.6) is 5.75 Å². The number of hydrogen-bond acceptors (Lipinski definition) is 4. The van der Waals surface area contributed by atoms with E-state index in [9.17, 15) is 4.79 Å². The number of nitrogens with zero attached hydrogens (tertiary/aromatic N) is 1. The van der Waals surface area contributed by atoms with E-state index in [1.54, 1.807) is 17.4 Å². The maximum absolute atomic E-state index is 10.5. The molecule has 1 aromatic carbocycles. The van der Waals surface area contributed by atoms with Crippen LogP contribution in [0.3, 0.4) is 0 Å². The molecule has 1 aromatic heterocycles. The number of carbonyl (C=O) groups is 1. The molecule has 0 amide bonds. The SMILES string of the molecule is O=C(O)Oc1ccc2c(c1)CC(Cc1cncs1)C2. The molecule has 2 aromatic rings. The number of benzene rings is 1. The molecule has 19 heavy (non-hydrogen) atoms. The Hall–Kier alpha value is -1.88. The first-order valence-corrected chi connectivity index (χ1v) is 6.98. The summed E-state index contributed by atoms with van der Waals surface area (Å²) >= 11 is 1.69. The number of fused-ring (bicyclic) bond motifs is 1. The Labute approximate surface area is 114 Å². The van der Waals surface area contributed by atoms with Gasteiger partial charge in [0.05, 0.1) is 5.51 Å². The monoisotopic (exact) mass is 275 g/mol. The van der Waals surface area contributed by atoms with Gasteiger partial charge in [0.2, 0.25) is 0 Å². The van der Waals surface area contributed by atoms with E-state index in [1.807, 2.05) is 23.8 Å². The fourth-order valence-electron chi connectivity index (χ4n) is 2.62. The van der Waals surface area contributed by atoms with Crippen molar-refractivity contribution >= 4 is 17.5 Å². The summed E-state index contributed by atoms with van der Waals surface area (Å²) in [6.07, 6.45) is 3.71. The van der Waals surface area contributed by atoms with Crippen molar-refractivity contribution < 1.29 is 14.6 Å². The van der Waals surface area contributed by atoms with Crippen LogP contribution in [0.4, 0.5) is 4.79 Å². The van der Waals surface area contributed by atoms with Crippen molar-refractivity contribution in [2.45, 2.75) is 19.3 Å². The summed E-state index contributed by atoms with van der Waals surface area (Å²) in [5.41, 5.74) is 4.36. The second-order valence-electron chi connectivity index (χ2n) is 4.74. The molecule has 1 aliphatic rings. The fraction of sp³-hybridized carbons (Fsp3) is 0.286. The van der Waals surface area contributed by atoms with Gasteiger partial charge in [0.15, 0.2) is 0 Å². The van der Waals surface area contributed by atoms with Crippen LogP contribution in [0.2, 0.25) is 0 Å². The molecule has 4 nitrogen and oxygen atoms in total. The minimum Gasteiger partial charge on any atom is -0.449 e. The van der Waals surface area contributed by atoms with Crippen LogP contribution in [0.1, 0.15) is 16.0 Å². The van der Waals surface area contributed by atoms with Crippen LogP contribution in [0.15, 0.2) is 29.9 Å². The maximum atomic E-state index is 10.5. The molecule has 0 aliphatic heterocycles. The van der Waals surface area contributed by atoms with Crippen molar-refractivity contribution in [1.82, 2.24) is 4.98 Å². The molecule has 3 rings (SSSR count). The first-order valence-electron chi connectivity index (χ1n) is 6.10. The molecule has 98 valence electrons. The Kier molecular flexibility index (Phi) is 3.21. The van der Waals surface area contributed by atoms with Gasteiger partial charge < -0.3 is 9.84 Å². The Bertz CT molecular complexity index is 595. The summed E-state index contributed by atoms with van der Waals surface area (Å²) in [5, 5.41) is 8.61. The second-order valence-corrected chi connectivity index (χ2v) is 5.72. The lowest BCUT2D eigenvalue weighted by Gasteiger charge is -2.05. The van der Waals surface area contributed by atoms with Gasteiger partial charge in [0.1, 0.15) is 5.75 Å². The maximum Gasteiger partial charge on any atom is 0.511 e. The van der Waals surface area contributed by atoms with Gasteiger partial charge in [-0.2, -0.15) is 0 Å². The molecule has 1 atom stereocenters. The molecule has 0 bridgehead atoms. The van der Waals surface area contributed by atoms with Gasteiger partial charge in [-0.15, -0.1) is 11.3 Å². The number of hydrogen-bond donors (Lipinski definition) is 1. The van der Waals surface area contributed by atoms with Gasteiger partial charge in [0, 0.05) is 11.1 Å². The Balaban J connectivity index is 1.71. The van der Waals surface area contributed by atoms with E-state index in [1.165, 1.54) is 16.0 Å². The second kappa shape index (κ2) is 5.01. The summed E-state index contributed by atoms with van der Waals surface area (Å²) < 4.78 is 4.69. The molecular formula is C14H13NO3S. The van der Waals surface area contributed by atoms with Gasteiger partial charge in [-0.05, 0) is 48.4 Å². The topological polar surface area (TPSA) is 59.4 Å². The minimum absolute atomic E-state index is 0.407. The zero-order chi connectivity index (χ0) is 13.2. The average molecular weight is 275 g/mol. The van der Waals surface area contributed by atoms with Gasteiger partial charge in [-0.3, -0.25) is 4.98 Å². The predicted molar refractivity (Wildman–Crippen MR) is 71.8 cm³/mol. The highest BCUT2D eigenvalue weighted by molar-refractivity contribution is 7.09. The molecular weight excluding hydrogens is 262 g/mol. The minimum atomic E-state index is -1.26. The van der Waals surface area contributed by atoms with Gasteiger partial charge >= 0.3 is 6.16 Å². The normalized spacial score (nSPS) is 17.2. The standard InChI is InChI=1S/C14H13NO3S/c16-14(17)18-12-2-1-10-3-9(4-11(10)6-12)5-13-7-15-8-19-13/h1-2,6-9H,3-5H2,(H,16,17). The zero-order valence-corrected chi connectivity index (χ0v) is 11.0. The first-order chi connectivity index (χ1) is 9.20. The fourth-order valence-corrected chi connectivity index (χ4v) is 3.33. The molecule has 0 saturated heterocycles. The number of thiazole rings is 1. The van der Waals surface area contributed by atoms with Crippen molar-refractivity contribution in [3.63, 3.8) is 0 Å². The molecule has 1 unspecified atom stereocenters. The Morgan fingerprint density at radius 3 is 3.00 bits per heavy atom. The van der Waals surface area contributed by atoms with Crippen molar-refractivity contribution in [3.8, 4) is 5.75 Å². The summed E-state index contributed by atoms with van der Waals surface area (Å²) in [6.45, 7) is 0. The third-order valence-corrected chi connectivity index (χ3v) is 4.18. The average Bonchev–Trinajstić information content (AvgIpc) is 2.97. The number of rotatable bonds is 3. The van der Waals surface area contributed by atoms with Crippen LogP contribution < -0.4 is 4.74 Å². The van der Waals surface area contributed by atoms with Crippen molar-refractivity contribution in [1.29, 1.82) is 0 Å². The van der Waals surface area contributed by atoms with Crippen LogP contribution >= 0.6 is 11.3 Å². The smallest absolute Gasteiger partial charge is 0.449 e. The highest BCUT2D eigenvalue weighted by Crippen LogP contribution is 2.32. The largest absolute Gasteiger partial charge is 0.511 e. The summed E-state index contributed by atoms with van der Waals surface area (Å²) in [7, 11) is 0. The molecule has 0 fully saturated rings. The van der Waals surface area contributed by atoms with Crippen LogP contribution in [0, 0.1) is 5.92 Å². The van der Waals surface area contributed by atoms with Crippen LogP contribution in [-0.2, 0) is 19.3 Å². The van der Waals surface area contributed by atoms with E-state index in [2.05, 4.69) is 9.72 Å². The first kappa shape index (κ1) is 12.2. The number of aromatic nitrogens is 1. The third kappa shape index (κ3) is 2.76. The van der Waals surface area contributed by atoms with Gasteiger partial charge in [-0.1, -0.05) is 6.07 Å². The van der Waals surface area contributed by atoms with E-state index >= 15 is 0 Å². The molecule has 1 N–H and O–H groups in total. The number of ether oxygens (including phenoxy) is 1. The van der Waals surface area contributed by atoms with Crippen LogP contribution in [-0.4, -0.2) is 16.2 Å². The molecule has 0 saturated carbocycles. The lowest BCUT2D eigenvalue weighted by atomic mass is 10.0. The third-order valence-electron chi connectivity index (χ3n) is 3.37. The molecule has 1 aliphatic carbocycles. The summed E-state index contributed by atoms with van der Waals surface area (Å²) in [5.74, 6) is 0.986. The molecule has 0 spiro atoms. The Morgan fingerprint density at radius 1 is 1.42 bits per heavy atom. The van der Waals surface area contributed by atoms with Crippen LogP contribution in [0.25, 0.3) is 0 Å². The number of carboxylic acid groups (broad SMARTS) is 1. The highest BCUT2D eigenvalue weighted by Gasteiger charge is 2.22. The quantitative estimate of drug-likeness (QED) is 0.690. The van der Waals surface area contributed by atoms with Gasteiger partial charge in [0.25, 0.3) is 0 Å². The highest BCUT2D eigenvalue weighted by atomic mass is 32.1. The van der Waals surface area contributed by atoms with Crippen molar-refractivity contribution in [3.05, 3.63) is 45.9 Å². The van der Waals surface area contributed by atoms with Crippen molar-refractivity contribution in [2.75, 3.05) is 0 Å². The van der Waals surface area contributed by atoms with E-state index < -0.39 is 6.16 Å². The predicted octanol–water partition coefficient (Wildman–Crippen LogP) is 3.16. The van der Waals surface area contributed by atoms with Crippen molar-refractivity contribution in [2.24, 2.45) is 5.92 Å².